The molecule has 3 heterocycles. The number of hydrogen-bond donors (Lipinski definition) is 1. The van der Waals surface area contributed by atoms with E-state index in [1.165, 1.54) is 38.0 Å². The molecular weight excluding hydrogens is 462 g/mol. The Balaban J connectivity index is 1.48. The summed E-state index contributed by atoms with van der Waals surface area (Å²) >= 11 is 0. The molecule has 2 amide bonds. The van der Waals surface area contributed by atoms with Crippen LogP contribution in [0.2, 0.25) is 0 Å². The fraction of sp³-hybridized carbons (Fsp3) is 0.423. The molecule has 3 unspecified atom stereocenters. The topological polar surface area (TPSA) is 116 Å². The predicted octanol–water partition coefficient (Wildman–Crippen LogP) is 2.05. The number of hydrogen-bond acceptors (Lipinski definition) is 6. The standard InChI is InChI=1S/C26H29N5O5/c1-29-22-18(24(33)30(2)26(29)35)13-16(14-27-22)28-23(32)20-12-15-8-4-6-10-19(15)31(20)25(34)17-9-5-7-11-21(17)36-3/h5,7,9,11,13-15,19-20H,4,6,8,10,12H2,1-3H3,(H,28,32). The summed E-state index contributed by atoms with van der Waals surface area (Å²) in [4.78, 5) is 58.2. The first-order valence-electron chi connectivity index (χ1n) is 12.1. The van der Waals surface area contributed by atoms with Crippen molar-refractivity contribution in [2.45, 2.75) is 44.2 Å². The van der Waals surface area contributed by atoms with Gasteiger partial charge in [-0.25, -0.2) is 9.78 Å². The molecule has 36 heavy (non-hydrogen) atoms. The number of nitrogens with one attached hydrogen (secondary N) is 1. The summed E-state index contributed by atoms with van der Waals surface area (Å²) < 4.78 is 7.72. The zero-order chi connectivity index (χ0) is 25.6. The summed E-state index contributed by atoms with van der Waals surface area (Å²) in [7, 11) is 4.46. The summed E-state index contributed by atoms with van der Waals surface area (Å²) in [6.07, 6.45) is 5.94. The van der Waals surface area contributed by atoms with E-state index >= 15 is 0 Å². The van der Waals surface area contributed by atoms with Crippen molar-refractivity contribution >= 4 is 28.5 Å². The molecule has 188 valence electrons. The highest BCUT2D eigenvalue weighted by molar-refractivity contribution is 6.03. The third-order valence-electron chi connectivity index (χ3n) is 7.52. The van der Waals surface area contributed by atoms with Crippen molar-refractivity contribution < 1.29 is 14.3 Å². The molecule has 2 fully saturated rings. The number of aryl methyl sites for hydroxylation is 1. The van der Waals surface area contributed by atoms with Gasteiger partial charge in [-0.3, -0.25) is 23.5 Å². The molecule has 0 bridgehead atoms. The van der Waals surface area contributed by atoms with Crippen molar-refractivity contribution in [3.8, 4) is 5.75 Å². The van der Waals surface area contributed by atoms with E-state index in [-0.39, 0.29) is 34.8 Å². The number of para-hydroxylation sites is 1. The van der Waals surface area contributed by atoms with Crippen LogP contribution >= 0.6 is 0 Å². The molecule has 2 aliphatic rings. The molecule has 1 saturated carbocycles. The number of rotatable bonds is 4. The second-order valence-corrected chi connectivity index (χ2v) is 9.57. The highest BCUT2D eigenvalue weighted by Gasteiger charge is 2.48. The summed E-state index contributed by atoms with van der Waals surface area (Å²) in [5, 5.41) is 3.09. The monoisotopic (exact) mass is 491 g/mol. The minimum absolute atomic E-state index is 0.0107. The van der Waals surface area contributed by atoms with Gasteiger partial charge < -0.3 is 15.0 Å². The van der Waals surface area contributed by atoms with E-state index in [0.29, 0.717) is 23.4 Å². The molecule has 0 radical (unpaired) electrons. The smallest absolute Gasteiger partial charge is 0.332 e. The Morgan fingerprint density at radius 3 is 2.61 bits per heavy atom. The number of pyridine rings is 1. The van der Waals surface area contributed by atoms with Gasteiger partial charge in [0.1, 0.15) is 17.4 Å². The van der Waals surface area contributed by atoms with Crippen molar-refractivity contribution in [1.82, 2.24) is 19.0 Å². The number of benzene rings is 1. The van der Waals surface area contributed by atoms with E-state index < -0.39 is 17.3 Å². The number of amides is 2. The maximum atomic E-state index is 13.8. The van der Waals surface area contributed by atoms with Gasteiger partial charge in [-0.1, -0.05) is 25.0 Å². The zero-order valence-electron chi connectivity index (χ0n) is 20.6. The number of likely N-dealkylation sites (tertiary alicyclic amines) is 1. The minimum Gasteiger partial charge on any atom is -0.496 e. The van der Waals surface area contributed by atoms with Crippen LogP contribution in [0.5, 0.6) is 5.75 Å². The summed E-state index contributed by atoms with van der Waals surface area (Å²) in [6.45, 7) is 0. The van der Waals surface area contributed by atoms with Crippen LogP contribution in [0.4, 0.5) is 5.69 Å². The lowest BCUT2D eigenvalue weighted by Gasteiger charge is -2.34. The van der Waals surface area contributed by atoms with Gasteiger partial charge in [0, 0.05) is 20.1 Å². The Morgan fingerprint density at radius 1 is 1.08 bits per heavy atom. The lowest BCUT2D eigenvalue weighted by molar-refractivity contribution is -0.120. The van der Waals surface area contributed by atoms with Gasteiger partial charge in [0.15, 0.2) is 0 Å². The highest BCUT2D eigenvalue weighted by Crippen LogP contribution is 2.41. The summed E-state index contributed by atoms with van der Waals surface area (Å²) in [5.41, 5.74) is 0.0389. The van der Waals surface area contributed by atoms with Crippen molar-refractivity contribution in [3.05, 3.63) is 62.9 Å². The van der Waals surface area contributed by atoms with Crippen LogP contribution < -0.4 is 21.3 Å². The first-order valence-corrected chi connectivity index (χ1v) is 12.1. The molecule has 1 aliphatic heterocycles. The van der Waals surface area contributed by atoms with Crippen molar-refractivity contribution in [1.29, 1.82) is 0 Å². The number of ether oxygens (including phenoxy) is 1. The van der Waals surface area contributed by atoms with Crippen LogP contribution in [0.1, 0.15) is 42.5 Å². The summed E-state index contributed by atoms with van der Waals surface area (Å²) in [5.74, 6) is 0.184. The molecular formula is C26H29N5O5. The van der Waals surface area contributed by atoms with Crippen LogP contribution in [0.3, 0.4) is 0 Å². The maximum absolute atomic E-state index is 13.8. The number of methoxy groups -OCH3 is 1. The van der Waals surface area contributed by atoms with Gasteiger partial charge >= 0.3 is 5.69 Å². The number of carbonyl (C=O) groups is 2. The van der Waals surface area contributed by atoms with Crippen LogP contribution in [0, 0.1) is 5.92 Å². The lowest BCUT2D eigenvalue weighted by atomic mass is 9.84. The molecule has 0 spiro atoms. The van der Waals surface area contributed by atoms with E-state index in [9.17, 15) is 19.2 Å². The van der Waals surface area contributed by atoms with Crippen molar-refractivity contribution in [2.75, 3.05) is 12.4 Å². The van der Waals surface area contributed by atoms with Gasteiger partial charge in [0.2, 0.25) is 5.91 Å². The van der Waals surface area contributed by atoms with Gasteiger partial charge in [0.25, 0.3) is 11.5 Å². The number of nitrogens with zero attached hydrogens (tertiary/aromatic N) is 4. The normalized spacial score (nSPS) is 21.3. The van der Waals surface area contributed by atoms with Crippen molar-refractivity contribution in [3.63, 3.8) is 0 Å². The first kappa shape index (κ1) is 23.8. The molecule has 1 aromatic carbocycles. The van der Waals surface area contributed by atoms with Gasteiger partial charge in [-0.05, 0) is 43.4 Å². The van der Waals surface area contributed by atoms with Crippen LogP contribution in [0.25, 0.3) is 11.0 Å². The van der Waals surface area contributed by atoms with E-state index in [4.69, 9.17) is 4.74 Å². The Morgan fingerprint density at radius 2 is 1.83 bits per heavy atom. The van der Waals surface area contributed by atoms with E-state index in [1.807, 2.05) is 0 Å². The maximum Gasteiger partial charge on any atom is 0.332 e. The molecule has 10 nitrogen and oxygen atoms in total. The zero-order valence-corrected chi connectivity index (χ0v) is 20.6. The first-order chi connectivity index (χ1) is 17.3. The van der Waals surface area contributed by atoms with Crippen LogP contribution in [-0.4, -0.2) is 50.0 Å². The lowest BCUT2D eigenvalue weighted by Crippen LogP contribution is -2.48. The van der Waals surface area contributed by atoms with E-state index in [1.54, 1.807) is 29.2 Å². The molecule has 1 saturated heterocycles. The third kappa shape index (κ3) is 3.86. The quantitative estimate of drug-likeness (QED) is 0.597. The highest BCUT2D eigenvalue weighted by atomic mass is 16.5. The fourth-order valence-corrected chi connectivity index (χ4v) is 5.71. The molecule has 1 N–H and O–H groups in total. The summed E-state index contributed by atoms with van der Waals surface area (Å²) in [6, 6.07) is 7.91. The molecule has 2 aromatic heterocycles. The Kier molecular flexibility index (Phi) is 6.11. The van der Waals surface area contributed by atoms with Gasteiger partial charge in [-0.2, -0.15) is 0 Å². The average Bonchev–Trinajstić information content (AvgIpc) is 3.30. The SMILES string of the molecule is COc1ccccc1C(=O)N1C(C(=O)Nc2cnc3c(c2)c(=O)n(C)c(=O)n3C)CC2CCCCC21. The van der Waals surface area contributed by atoms with Gasteiger partial charge in [-0.15, -0.1) is 0 Å². The Bertz CT molecular complexity index is 1480. The largest absolute Gasteiger partial charge is 0.496 e. The van der Waals surface area contributed by atoms with E-state index in [0.717, 1.165) is 30.3 Å². The number of anilines is 1. The minimum atomic E-state index is -0.658. The fourth-order valence-electron chi connectivity index (χ4n) is 5.71. The van der Waals surface area contributed by atoms with Crippen LogP contribution in [0.15, 0.2) is 46.1 Å². The second-order valence-electron chi connectivity index (χ2n) is 9.57. The number of aromatic nitrogens is 3. The Labute approximate surface area is 207 Å². The Hall–Kier alpha value is -3.95. The van der Waals surface area contributed by atoms with E-state index in [2.05, 4.69) is 10.3 Å². The average molecular weight is 492 g/mol. The molecule has 1 aliphatic carbocycles. The third-order valence-corrected chi connectivity index (χ3v) is 7.52. The second kappa shape index (κ2) is 9.25. The number of carbonyl (C=O) groups excluding carboxylic acids is 2. The molecule has 5 rings (SSSR count). The van der Waals surface area contributed by atoms with Gasteiger partial charge in [0.05, 0.1) is 29.9 Å². The number of fused-ring (bicyclic) bond motifs is 2. The molecule has 3 aromatic rings. The predicted molar refractivity (Wildman–Crippen MR) is 134 cm³/mol. The van der Waals surface area contributed by atoms with Crippen molar-refractivity contribution in [2.24, 2.45) is 20.0 Å². The molecule has 10 heteroatoms. The van der Waals surface area contributed by atoms with Crippen LogP contribution in [-0.2, 0) is 18.9 Å². The molecule has 3 atom stereocenters.